The Balaban J connectivity index is 2.08. The first-order valence-electron chi connectivity index (χ1n) is 7.56. The number of hydrogen-bond donors (Lipinski definition) is 1. The molecule has 122 valence electrons. The van der Waals surface area contributed by atoms with Crippen LogP contribution in [0.4, 0.5) is 5.82 Å². The maximum absolute atomic E-state index is 12.5. The minimum Gasteiger partial charge on any atom is -0.369 e. The standard InChI is InChI=1S/C14H22N4O3S/c1-3-8-15-13-6-5-12(16-17-13)14(19)18(4-2)11-7-9-22(20,21)10-11/h5-6,11H,3-4,7-10H2,1-2H3,(H,15,17). The normalized spacial score (nSPS) is 19.8. The fourth-order valence-corrected chi connectivity index (χ4v) is 4.26. The molecule has 1 unspecified atom stereocenters. The van der Waals surface area contributed by atoms with Crippen molar-refractivity contribution in [1.29, 1.82) is 0 Å². The van der Waals surface area contributed by atoms with Crippen molar-refractivity contribution < 1.29 is 13.2 Å². The SMILES string of the molecule is CCCNc1ccc(C(=O)N(CC)C2CCS(=O)(=O)C2)nn1. The predicted molar refractivity (Wildman–Crippen MR) is 84.6 cm³/mol. The molecule has 0 radical (unpaired) electrons. The van der Waals surface area contributed by atoms with Crippen LogP contribution in [0, 0.1) is 0 Å². The van der Waals surface area contributed by atoms with Crippen molar-refractivity contribution in [2.45, 2.75) is 32.7 Å². The fourth-order valence-electron chi connectivity index (χ4n) is 2.53. The molecule has 1 aliphatic heterocycles. The Morgan fingerprint density at radius 1 is 1.36 bits per heavy atom. The summed E-state index contributed by atoms with van der Waals surface area (Å²) in [6.07, 6.45) is 1.47. The van der Waals surface area contributed by atoms with Crippen LogP contribution >= 0.6 is 0 Å². The number of hydrogen-bond acceptors (Lipinski definition) is 6. The average molecular weight is 326 g/mol. The average Bonchev–Trinajstić information content (AvgIpc) is 2.86. The summed E-state index contributed by atoms with van der Waals surface area (Å²) in [5.74, 6) is 0.549. The smallest absolute Gasteiger partial charge is 0.274 e. The van der Waals surface area contributed by atoms with Crippen LogP contribution in [0.1, 0.15) is 37.2 Å². The highest BCUT2D eigenvalue weighted by atomic mass is 32.2. The molecule has 2 heterocycles. The molecule has 0 spiro atoms. The van der Waals surface area contributed by atoms with Gasteiger partial charge in [0.15, 0.2) is 15.5 Å². The third-order valence-corrected chi connectivity index (χ3v) is 5.44. The zero-order valence-electron chi connectivity index (χ0n) is 12.9. The largest absolute Gasteiger partial charge is 0.369 e. The van der Waals surface area contributed by atoms with E-state index in [1.807, 2.05) is 13.8 Å². The van der Waals surface area contributed by atoms with Gasteiger partial charge >= 0.3 is 0 Å². The number of nitrogens with one attached hydrogen (secondary N) is 1. The van der Waals surface area contributed by atoms with Crippen LogP contribution in [0.15, 0.2) is 12.1 Å². The molecule has 0 bridgehead atoms. The lowest BCUT2D eigenvalue weighted by Crippen LogP contribution is -2.41. The van der Waals surface area contributed by atoms with Crippen LogP contribution < -0.4 is 5.32 Å². The van der Waals surface area contributed by atoms with Gasteiger partial charge in [-0.2, -0.15) is 0 Å². The number of rotatable bonds is 6. The molecule has 22 heavy (non-hydrogen) atoms. The minimum atomic E-state index is -3.02. The molecule has 1 N–H and O–H groups in total. The summed E-state index contributed by atoms with van der Waals surface area (Å²) in [7, 11) is -3.02. The van der Waals surface area contributed by atoms with E-state index in [-0.39, 0.29) is 29.1 Å². The second-order valence-corrected chi connectivity index (χ2v) is 7.61. The van der Waals surface area contributed by atoms with Crippen LogP contribution in [-0.2, 0) is 9.84 Å². The maximum atomic E-state index is 12.5. The van der Waals surface area contributed by atoms with E-state index in [1.165, 1.54) is 0 Å². The predicted octanol–water partition coefficient (Wildman–Crippen LogP) is 0.948. The highest BCUT2D eigenvalue weighted by Gasteiger charge is 2.34. The third kappa shape index (κ3) is 3.94. The van der Waals surface area contributed by atoms with Gasteiger partial charge in [-0.3, -0.25) is 4.79 Å². The van der Waals surface area contributed by atoms with Crippen molar-refractivity contribution in [1.82, 2.24) is 15.1 Å². The molecule has 1 aliphatic rings. The lowest BCUT2D eigenvalue weighted by molar-refractivity contribution is 0.0701. The van der Waals surface area contributed by atoms with E-state index >= 15 is 0 Å². The molecule has 2 rings (SSSR count). The van der Waals surface area contributed by atoms with Crippen LogP contribution in [0.2, 0.25) is 0 Å². The molecule has 1 atom stereocenters. The zero-order valence-corrected chi connectivity index (χ0v) is 13.8. The molecule has 0 aromatic carbocycles. The third-order valence-electron chi connectivity index (χ3n) is 3.69. The molecule has 1 fully saturated rings. The highest BCUT2D eigenvalue weighted by Crippen LogP contribution is 2.19. The van der Waals surface area contributed by atoms with Gasteiger partial charge in [-0.15, -0.1) is 10.2 Å². The summed E-state index contributed by atoms with van der Waals surface area (Å²) >= 11 is 0. The second kappa shape index (κ2) is 7.04. The van der Waals surface area contributed by atoms with Gasteiger partial charge in [-0.05, 0) is 31.9 Å². The number of nitrogens with zero attached hydrogens (tertiary/aromatic N) is 3. The van der Waals surface area contributed by atoms with Crippen molar-refractivity contribution >= 4 is 21.6 Å². The van der Waals surface area contributed by atoms with Crippen molar-refractivity contribution in [2.24, 2.45) is 0 Å². The van der Waals surface area contributed by atoms with Crippen LogP contribution in [-0.4, -0.2) is 60.1 Å². The van der Waals surface area contributed by atoms with Gasteiger partial charge in [-0.25, -0.2) is 8.42 Å². The van der Waals surface area contributed by atoms with E-state index < -0.39 is 9.84 Å². The molecular formula is C14H22N4O3S. The van der Waals surface area contributed by atoms with Gasteiger partial charge in [0, 0.05) is 19.1 Å². The number of carbonyl (C=O) groups excluding carboxylic acids is 1. The van der Waals surface area contributed by atoms with E-state index in [9.17, 15) is 13.2 Å². The molecule has 8 heteroatoms. The molecule has 1 aromatic heterocycles. The van der Waals surface area contributed by atoms with Crippen LogP contribution in [0.3, 0.4) is 0 Å². The van der Waals surface area contributed by atoms with Crippen molar-refractivity contribution in [2.75, 3.05) is 29.9 Å². The molecule has 7 nitrogen and oxygen atoms in total. The van der Waals surface area contributed by atoms with Gasteiger partial charge < -0.3 is 10.2 Å². The van der Waals surface area contributed by atoms with E-state index in [0.29, 0.717) is 18.8 Å². The highest BCUT2D eigenvalue weighted by molar-refractivity contribution is 7.91. The van der Waals surface area contributed by atoms with Crippen molar-refractivity contribution in [3.63, 3.8) is 0 Å². The fraction of sp³-hybridized carbons (Fsp3) is 0.643. The van der Waals surface area contributed by atoms with E-state index in [0.717, 1.165) is 13.0 Å². The van der Waals surface area contributed by atoms with E-state index in [1.54, 1.807) is 17.0 Å². The zero-order chi connectivity index (χ0) is 16.2. The number of anilines is 1. The van der Waals surface area contributed by atoms with E-state index in [4.69, 9.17) is 0 Å². The molecule has 1 saturated heterocycles. The number of sulfone groups is 1. The summed E-state index contributed by atoms with van der Waals surface area (Å²) in [4.78, 5) is 14.1. The lowest BCUT2D eigenvalue weighted by Gasteiger charge is -2.26. The number of aromatic nitrogens is 2. The topological polar surface area (TPSA) is 92.3 Å². The monoisotopic (exact) mass is 326 g/mol. The van der Waals surface area contributed by atoms with Gasteiger partial charge in [0.2, 0.25) is 0 Å². The Bertz CT molecular complexity index is 615. The van der Waals surface area contributed by atoms with Crippen LogP contribution in [0.5, 0.6) is 0 Å². The van der Waals surface area contributed by atoms with Crippen LogP contribution in [0.25, 0.3) is 0 Å². The Labute approximate surface area is 131 Å². The summed E-state index contributed by atoms with van der Waals surface area (Å²) in [5, 5.41) is 11.0. The molecule has 0 aliphatic carbocycles. The summed E-state index contributed by atoms with van der Waals surface area (Å²) < 4.78 is 23.2. The second-order valence-electron chi connectivity index (χ2n) is 5.38. The minimum absolute atomic E-state index is 0.0378. The number of carbonyl (C=O) groups is 1. The van der Waals surface area contributed by atoms with Gasteiger partial charge in [0.1, 0.15) is 5.82 Å². The molecule has 0 saturated carbocycles. The maximum Gasteiger partial charge on any atom is 0.274 e. The Morgan fingerprint density at radius 3 is 2.64 bits per heavy atom. The Morgan fingerprint density at radius 2 is 2.14 bits per heavy atom. The van der Waals surface area contributed by atoms with Gasteiger partial charge in [0.05, 0.1) is 11.5 Å². The quantitative estimate of drug-likeness (QED) is 0.836. The van der Waals surface area contributed by atoms with Gasteiger partial charge in [-0.1, -0.05) is 6.92 Å². The first-order valence-corrected chi connectivity index (χ1v) is 9.38. The lowest BCUT2D eigenvalue weighted by atomic mass is 10.2. The van der Waals surface area contributed by atoms with Crippen molar-refractivity contribution in [3.05, 3.63) is 17.8 Å². The van der Waals surface area contributed by atoms with E-state index in [2.05, 4.69) is 15.5 Å². The first kappa shape index (κ1) is 16.7. The Hall–Kier alpha value is -1.70. The summed E-state index contributed by atoms with van der Waals surface area (Å²) in [6.45, 7) is 5.14. The Kier molecular flexibility index (Phi) is 5.33. The summed E-state index contributed by atoms with van der Waals surface area (Å²) in [5.41, 5.74) is 0.244. The first-order chi connectivity index (χ1) is 10.5. The number of amides is 1. The van der Waals surface area contributed by atoms with Gasteiger partial charge in [0.25, 0.3) is 5.91 Å². The van der Waals surface area contributed by atoms with Crippen molar-refractivity contribution in [3.8, 4) is 0 Å². The molecule has 1 amide bonds. The molecule has 1 aromatic rings. The molecular weight excluding hydrogens is 304 g/mol. The summed E-state index contributed by atoms with van der Waals surface area (Å²) in [6, 6.07) is 3.08.